The van der Waals surface area contributed by atoms with Crippen LogP contribution in [0.25, 0.3) is 0 Å². The van der Waals surface area contributed by atoms with Gasteiger partial charge in [0.2, 0.25) is 21.8 Å². The van der Waals surface area contributed by atoms with E-state index in [2.05, 4.69) is 5.32 Å². The fourth-order valence-corrected chi connectivity index (χ4v) is 5.20. The molecule has 2 amide bonds. The summed E-state index contributed by atoms with van der Waals surface area (Å²) in [5.41, 5.74) is 1.20. The van der Waals surface area contributed by atoms with Crippen LogP contribution in [0.5, 0.6) is 0 Å². The average molecular weight is 591 g/mol. The lowest BCUT2D eigenvalue weighted by Crippen LogP contribution is -2.49. The zero-order valence-corrected chi connectivity index (χ0v) is 24.6. The number of hydrogen-bond donors (Lipinski definition) is 1. The molecule has 0 aliphatic heterocycles. The second-order valence-electron chi connectivity index (χ2n) is 9.25. The molecule has 2 aromatic rings. The van der Waals surface area contributed by atoms with E-state index in [1.165, 1.54) is 9.21 Å². The first-order chi connectivity index (χ1) is 17.3. The van der Waals surface area contributed by atoms with Gasteiger partial charge in [0.1, 0.15) is 6.04 Å². The Morgan fingerprint density at radius 1 is 1.00 bits per heavy atom. The van der Waals surface area contributed by atoms with Gasteiger partial charge in [0.05, 0.1) is 22.0 Å². The molecule has 2 aromatic carbocycles. The number of nitrogens with zero attached hydrogens (tertiary/aromatic N) is 2. The highest BCUT2D eigenvalue weighted by atomic mass is 35.5. The van der Waals surface area contributed by atoms with E-state index in [1.807, 2.05) is 20.8 Å². The van der Waals surface area contributed by atoms with Crippen LogP contribution in [0.1, 0.15) is 45.6 Å². The number of nitrogens with one attached hydrogen (secondary N) is 1. The first kappa shape index (κ1) is 31.2. The Hall–Kier alpha value is -2.00. The summed E-state index contributed by atoms with van der Waals surface area (Å²) in [5.74, 6) is -0.235. The molecule has 0 spiro atoms. The number of halogens is 3. The lowest BCUT2D eigenvalue weighted by Gasteiger charge is -2.31. The Morgan fingerprint density at radius 2 is 1.65 bits per heavy atom. The van der Waals surface area contributed by atoms with Crippen LogP contribution in [0.2, 0.25) is 15.1 Å². The SMILES string of the molecule is CC[C@@H](C(=O)NCC(C)C)N(Cc1ccc(Cl)c(Cl)c1)C(=O)CCCN(c1ccc(Cl)cc1)S(C)(=O)=O. The Kier molecular flexibility index (Phi) is 12.0. The molecule has 0 saturated heterocycles. The summed E-state index contributed by atoms with van der Waals surface area (Å²) in [7, 11) is -3.58. The molecule has 2 rings (SSSR count). The number of anilines is 1. The van der Waals surface area contributed by atoms with Gasteiger partial charge in [-0.05, 0) is 60.7 Å². The van der Waals surface area contributed by atoms with Gasteiger partial charge in [-0.15, -0.1) is 0 Å². The van der Waals surface area contributed by atoms with Gasteiger partial charge in [-0.3, -0.25) is 13.9 Å². The normalized spacial score (nSPS) is 12.3. The van der Waals surface area contributed by atoms with Gasteiger partial charge in [-0.25, -0.2) is 8.42 Å². The molecule has 0 radical (unpaired) electrons. The predicted octanol–water partition coefficient (Wildman–Crippen LogP) is 5.77. The van der Waals surface area contributed by atoms with Crippen molar-refractivity contribution in [2.75, 3.05) is 23.7 Å². The van der Waals surface area contributed by atoms with Crippen molar-refractivity contribution in [2.45, 2.75) is 52.6 Å². The summed E-state index contributed by atoms with van der Waals surface area (Å²) < 4.78 is 26.1. The monoisotopic (exact) mass is 589 g/mol. The van der Waals surface area contributed by atoms with Crippen molar-refractivity contribution in [1.82, 2.24) is 10.2 Å². The predicted molar refractivity (Wildman–Crippen MR) is 152 cm³/mol. The van der Waals surface area contributed by atoms with Crippen molar-refractivity contribution in [3.63, 3.8) is 0 Å². The maximum atomic E-state index is 13.5. The van der Waals surface area contributed by atoms with Gasteiger partial charge in [-0.2, -0.15) is 0 Å². The molecule has 0 aliphatic carbocycles. The summed E-state index contributed by atoms with van der Waals surface area (Å²) in [6.45, 7) is 6.59. The summed E-state index contributed by atoms with van der Waals surface area (Å²) in [5, 5.41) is 4.16. The molecular weight excluding hydrogens is 557 g/mol. The third-order valence-corrected chi connectivity index (χ3v) is 7.86. The quantitative estimate of drug-likeness (QED) is 0.321. The first-order valence-electron chi connectivity index (χ1n) is 12.1. The van der Waals surface area contributed by atoms with Gasteiger partial charge in [0, 0.05) is 31.1 Å². The van der Waals surface area contributed by atoms with Crippen LogP contribution in [0, 0.1) is 5.92 Å². The number of sulfonamides is 1. The van der Waals surface area contributed by atoms with Crippen molar-refractivity contribution in [2.24, 2.45) is 5.92 Å². The van der Waals surface area contributed by atoms with Gasteiger partial charge in [-0.1, -0.05) is 61.6 Å². The Balaban J connectivity index is 2.23. The third kappa shape index (κ3) is 9.67. The maximum Gasteiger partial charge on any atom is 0.242 e. The molecule has 0 heterocycles. The molecule has 7 nitrogen and oxygen atoms in total. The number of hydrogen-bond acceptors (Lipinski definition) is 4. The molecule has 1 atom stereocenters. The standard InChI is InChI=1S/C26H34Cl3N3O4S/c1-5-24(26(34)30-16-18(2)3)31(17-19-8-13-22(28)23(29)15-19)25(33)7-6-14-32(37(4,35)36)21-11-9-20(27)10-12-21/h8-13,15,18,24H,5-7,14,16-17H2,1-4H3,(H,30,34)/t24-/m0/s1. The molecule has 0 aliphatic rings. The minimum Gasteiger partial charge on any atom is -0.354 e. The summed E-state index contributed by atoms with van der Waals surface area (Å²) in [4.78, 5) is 28.0. The number of carbonyl (C=O) groups is 2. The van der Waals surface area contributed by atoms with Crippen LogP contribution < -0.4 is 9.62 Å². The maximum absolute atomic E-state index is 13.5. The van der Waals surface area contributed by atoms with E-state index in [0.717, 1.165) is 11.8 Å². The Morgan fingerprint density at radius 3 is 2.19 bits per heavy atom. The van der Waals surface area contributed by atoms with E-state index in [0.29, 0.717) is 33.7 Å². The van der Waals surface area contributed by atoms with Crippen molar-refractivity contribution >= 4 is 62.3 Å². The Bertz CT molecular complexity index is 1170. The van der Waals surface area contributed by atoms with Crippen molar-refractivity contribution in [3.8, 4) is 0 Å². The van der Waals surface area contributed by atoms with E-state index >= 15 is 0 Å². The van der Waals surface area contributed by atoms with Crippen molar-refractivity contribution in [1.29, 1.82) is 0 Å². The van der Waals surface area contributed by atoms with Crippen LogP contribution in [0.3, 0.4) is 0 Å². The molecule has 0 unspecified atom stereocenters. The minimum absolute atomic E-state index is 0.0505. The zero-order chi connectivity index (χ0) is 27.8. The minimum atomic E-state index is -3.58. The number of carbonyl (C=O) groups excluding carboxylic acids is 2. The van der Waals surface area contributed by atoms with E-state index in [4.69, 9.17) is 34.8 Å². The van der Waals surface area contributed by atoms with E-state index in [-0.39, 0.29) is 43.7 Å². The van der Waals surface area contributed by atoms with Crippen LogP contribution >= 0.6 is 34.8 Å². The summed E-state index contributed by atoms with van der Waals surface area (Å²) in [6.07, 6.45) is 1.84. The molecule has 204 valence electrons. The van der Waals surface area contributed by atoms with Crippen LogP contribution in [0.15, 0.2) is 42.5 Å². The van der Waals surface area contributed by atoms with Gasteiger partial charge in [0.15, 0.2) is 0 Å². The lowest BCUT2D eigenvalue weighted by atomic mass is 10.1. The highest BCUT2D eigenvalue weighted by molar-refractivity contribution is 7.92. The van der Waals surface area contributed by atoms with Crippen LogP contribution in [-0.2, 0) is 26.2 Å². The molecule has 11 heteroatoms. The third-order valence-electron chi connectivity index (χ3n) is 5.67. The van der Waals surface area contributed by atoms with E-state index in [1.54, 1.807) is 42.5 Å². The number of benzene rings is 2. The molecule has 0 bridgehead atoms. The van der Waals surface area contributed by atoms with Gasteiger partial charge in [0.25, 0.3) is 0 Å². The summed E-state index contributed by atoms with van der Waals surface area (Å²) in [6, 6.07) is 10.9. The van der Waals surface area contributed by atoms with Crippen molar-refractivity contribution < 1.29 is 18.0 Å². The molecular formula is C26H34Cl3N3O4S. The summed E-state index contributed by atoms with van der Waals surface area (Å²) >= 11 is 18.2. The second-order valence-corrected chi connectivity index (χ2v) is 12.4. The van der Waals surface area contributed by atoms with Crippen LogP contribution in [-0.4, -0.2) is 50.5 Å². The van der Waals surface area contributed by atoms with Gasteiger partial charge < -0.3 is 10.2 Å². The average Bonchev–Trinajstić information content (AvgIpc) is 2.82. The van der Waals surface area contributed by atoms with Gasteiger partial charge >= 0.3 is 0 Å². The zero-order valence-electron chi connectivity index (χ0n) is 21.5. The number of amides is 2. The highest BCUT2D eigenvalue weighted by Gasteiger charge is 2.29. The molecule has 1 N–H and O–H groups in total. The van der Waals surface area contributed by atoms with E-state index in [9.17, 15) is 18.0 Å². The van der Waals surface area contributed by atoms with E-state index < -0.39 is 16.1 Å². The van der Waals surface area contributed by atoms with Crippen LogP contribution in [0.4, 0.5) is 5.69 Å². The molecule has 0 saturated carbocycles. The first-order valence-corrected chi connectivity index (χ1v) is 15.1. The largest absolute Gasteiger partial charge is 0.354 e. The topological polar surface area (TPSA) is 86.8 Å². The fraction of sp³-hybridized carbons (Fsp3) is 0.462. The second kappa shape index (κ2) is 14.2. The molecule has 0 fully saturated rings. The smallest absolute Gasteiger partial charge is 0.242 e. The molecule has 37 heavy (non-hydrogen) atoms. The lowest BCUT2D eigenvalue weighted by molar-refractivity contribution is -0.141. The Labute approximate surface area is 235 Å². The fourth-order valence-electron chi connectivity index (χ4n) is 3.79. The highest BCUT2D eigenvalue weighted by Crippen LogP contribution is 2.25. The van der Waals surface area contributed by atoms with Crippen molar-refractivity contribution in [3.05, 3.63) is 63.1 Å². The number of rotatable bonds is 13. The molecule has 0 aromatic heterocycles.